The maximum absolute atomic E-state index is 11.8. The Hall–Kier alpha value is -2.53. The van der Waals surface area contributed by atoms with E-state index in [0.717, 1.165) is 12.0 Å². The van der Waals surface area contributed by atoms with Crippen LogP contribution >= 0.6 is 0 Å². The lowest BCUT2D eigenvalue weighted by Gasteiger charge is -2.04. The van der Waals surface area contributed by atoms with Gasteiger partial charge in [0.15, 0.2) is 5.78 Å². The van der Waals surface area contributed by atoms with Gasteiger partial charge in [-0.15, -0.1) is 0 Å². The van der Waals surface area contributed by atoms with Gasteiger partial charge in [-0.1, -0.05) is 42.5 Å². The van der Waals surface area contributed by atoms with Crippen LogP contribution in [0.4, 0.5) is 5.69 Å². The summed E-state index contributed by atoms with van der Waals surface area (Å²) in [4.78, 5) is 22.0. The number of Topliss-reactive ketones (excluding diaryl/α,β-unsaturated/α-hetero) is 1. The summed E-state index contributed by atoms with van der Waals surface area (Å²) >= 11 is 0. The Kier molecular flexibility index (Phi) is 5.17. The minimum atomic E-state index is -0.416. The Morgan fingerprint density at radius 1 is 1.05 bits per heavy atom. The van der Waals surface area contributed by atoms with Crippen molar-refractivity contribution in [2.24, 2.45) is 0 Å². The van der Waals surface area contributed by atoms with Crippen LogP contribution in [0.1, 0.15) is 15.9 Å². The SMILES string of the molecule is O=C(CNCCc1ccc([N+](=O)[O-])cc1)c1ccccc1. The molecule has 0 bridgehead atoms. The van der Waals surface area contributed by atoms with Crippen molar-refractivity contribution in [1.82, 2.24) is 5.32 Å². The molecule has 5 heteroatoms. The van der Waals surface area contributed by atoms with Crippen molar-refractivity contribution in [3.63, 3.8) is 0 Å². The number of benzene rings is 2. The second-order valence-corrected chi connectivity index (χ2v) is 4.64. The topological polar surface area (TPSA) is 72.2 Å². The quantitative estimate of drug-likeness (QED) is 0.367. The molecule has 2 aromatic rings. The van der Waals surface area contributed by atoms with Crippen molar-refractivity contribution in [1.29, 1.82) is 0 Å². The number of nitro groups is 1. The molecule has 2 rings (SSSR count). The van der Waals surface area contributed by atoms with Crippen molar-refractivity contribution in [3.8, 4) is 0 Å². The molecule has 0 fully saturated rings. The normalized spacial score (nSPS) is 10.3. The number of hydrogen-bond donors (Lipinski definition) is 1. The van der Waals surface area contributed by atoms with Crippen LogP contribution in [0.25, 0.3) is 0 Å². The van der Waals surface area contributed by atoms with Crippen molar-refractivity contribution in [3.05, 3.63) is 75.8 Å². The maximum Gasteiger partial charge on any atom is 0.269 e. The standard InChI is InChI=1S/C16H16N2O3/c19-16(14-4-2-1-3-5-14)12-17-11-10-13-6-8-15(9-7-13)18(20)21/h1-9,17H,10-12H2. The fraction of sp³-hybridized carbons (Fsp3) is 0.188. The number of ketones is 1. The Bertz CT molecular complexity index is 609. The van der Waals surface area contributed by atoms with Crippen LogP contribution in [-0.4, -0.2) is 23.8 Å². The fourth-order valence-corrected chi connectivity index (χ4v) is 1.95. The van der Waals surface area contributed by atoms with Gasteiger partial charge in [0.25, 0.3) is 5.69 Å². The Labute approximate surface area is 122 Å². The van der Waals surface area contributed by atoms with Crippen molar-refractivity contribution in [2.75, 3.05) is 13.1 Å². The van der Waals surface area contributed by atoms with Crippen molar-refractivity contribution < 1.29 is 9.72 Å². The molecule has 0 saturated heterocycles. The van der Waals surface area contributed by atoms with Gasteiger partial charge in [-0.2, -0.15) is 0 Å². The third-order valence-electron chi connectivity index (χ3n) is 3.12. The van der Waals surface area contributed by atoms with Crippen molar-refractivity contribution >= 4 is 11.5 Å². The second kappa shape index (κ2) is 7.31. The van der Waals surface area contributed by atoms with E-state index < -0.39 is 4.92 Å². The predicted molar refractivity (Wildman–Crippen MR) is 80.4 cm³/mol. The summed E-state index contributed by atoms with van der Waals surface area (Å²) in [6.07, 6.45) is 0.722. The second-order valence-electron chi connectivity index (χ2n) is 4.64. The van der Waals surface area contributed by atoms with Crippen LogP contribution in [0.2, 0.25) is 0 Å². The number of nitrogens with one attached hydrogen (secondary N) is 1. The van der Waals surface area contributed by atoms with E-state index in [1.54, 1.807) is 24.3 Å². The van der Waals surface area contributed by atoms with Gasteiger partial charge in [0.2, 0.25) is 0 Å². The van der Waals surface area contributed by atoms with Gasteiger partial charge >= 0.3 is 0 Å². The summed E-state index contributed by atoms with van der Waals surface area (Å²) in [5, 5.41) is 13.6. The van der Waals surface area contributed by atoms with Crippen LogP contribution < -0.4 is 5.32 Å². The van der Waals surface area contributed by atoms with E-state index >= 15 is 0 Å². The minimum absolute atomic E-state index is 0.0549. The molecule has 0 aromatic heterocycles. The first-order chi connectivity index (χ1) is 10.2. The number of non-ortho nitro benzene ring substituents is 1. The highest BCUT2D eigenvalue weighted by molar-refractivity contribution is 5.97. The Balaban J connectivity index is 1.75. The number of rotatable bonds is 7. The molecule has 0 atom stereocenters. The molecule has 0 amide bonds. The van der Waals surface area contributed by atoms with E-state index in [9.17, 15) is 14.9 Å². The molecule has 0 aliphatic heterocycles. The maximum atomic E-state index is 11.8. The molecular weight excluding hydrogens is 268 g/mol. The Morgan fingerprint density at radius 2 is 1.71 bits per heavy atom. The highest BCUT2D eigenvalue weighted by Crippen LogP contribution is 2.11. The van der Waals surface area contributed by atoms with Crippen LogP contribution in [0.15, 0.2) is 54.6 Å². The molecule has 0 unspecified atom stereocenters. The summed E-state index contributed by atoms with van der Waals surface area (Å²) in [5.41, 5.74) is 1.78. The van der Waals surface area contributed by atoms with Crippen LogP contribution in [0.3, 0.4) is 0 Å². The molecule has 21 heavy (non-hydrogen) atoms. The first kappa shape index (κ1) is 14.9. The number of nitrogens with zero attached hydrogens (tertiary/aromatic N) is 1. The van der Waals surface area contributed by atoms with E-state index in [1.807, 2.05) is 18.2 Å². The number of carbonyl (C=O) groups is 1. The van der Waals surface area contributed by atoms with Gasteiger partial charge in [0.1, 0.15) is 0 Å². The fourth-order valence-electron chi connectivity index (χ4n) is 1.95. The zero-order valence-corrected chi connectivity index (χ0v) is 11.5. The van der Waals surface area contributed by atoms with E-state index in [-0.39, 0.29) is 18.0 Å². The zero-order chi connectivity index (χ0) is 15.1. The molecule has 2 aromatic carbocycles. The lowest BCUT2D eigenvalue weighted by molar-refractivity contribution is -0.384. The lowest BCUT2D eigenvalue weighted by Crippen LogP contribution is -2.25. The molecule has 0 heterocycles. The van der Waals surface area contributed by atoms with E-state index in [0.29, 0.717) is 12.1 Å². The van der Waals surface area contributed by atoms with Gasteiger partial charge < -0.3 is 5.32 Å². The smallest absolute Gasteiger partial charge is 0.269 e. The van der Waals surface area contributed by atoms with Gasteiger partial charge in [-0.3, -0.25) is 14.9 Å². The van der Waals surface area contributed by atoms with E-state index in [1.165, 1.54) is 12.1 Å². The van der Waals surface area contributed by atoms with E-state index in [4.69, 9.17) is 0 Å². The summed E-state index contributed by atoms with van der Waals surface area (Å²) in [7, 11) is 0. The molecule has 0 spiro atoms. The summed E-state index contributed by atoms with van der Waals surface area (Å²) < 4.78 is 0. The molecule has 0 aliphatic carbocycles. The first-order valence-electron chi connectivity index (χ1n) is 6.69. The van der Waals surface area contributed by atoms with Crippen LogP contribution in [0.5, 0.6) is 0 Å². The summed E-state index contributed by atoms with van der Waals surface area (Å²) in [6.45, 7) is 0.938. The average molecular weight is 284 g/mol. The molecular formula is C16H16N2O3. The monoisotopic (exact) mass is 284 g/mol. The Morgan fingerprint density at radius 3 is 2.33 bits per heavy atom. The highest BCUT2D eigenvalue weighted by atomic mass is 16.6. The van der Waals surface area contributed by atoms with E-state index in [2.05, 4.69) is 5.32 Å². The average Bonchev–Trinajstić information content (AvgIpc) is 2.52. The van der Waals surface area contributed by atoms with Gasteiger partial charge in [0.05, 0.1) is 11.5 Å². The summed E-state index contributed by atoms with van der Waals surface area (Å²) in [5.74, 6) is 0.0549. The molecule has 0 aliphatic rings. The van der Waals surface area contributed by atoms with Crippen molar-refractivity contribution in [2.45, 2.75) is 6.42 Å². The van der Waals surface area contributed by atoms with Gasteiger partial charge in [0, 0.05) is 17.7 Å². The third kappa shape index (κ3) is 4.50. The largest absolute Gasteiger partial charge is 0.309 e. The minimum Gasteiger partial charge on any atom is -0.309 e. The first-order valence-corrected chi connectivity index (χ1v) is 6.69. The predicted octanol–water partition coefficient (Wildman–Crippen LogP) is 2.61. The number of nitro benzene ring substituents is 1. The molecule has 1 N–H and O–H groups in total. The van der Waals surface area contributed by atoms with Gasteiger partial charge in [-0.05, 0) is 18.5 Å². The highest BCUT2D eigenvalue weighted by Gasteiger charge is 2.05. The van der Waals surface area contributed by atoms with Crippen LogP contribution in [0, 0.1) is 10.1 Å². The lowest BCUT2D eigenvalue weighted by atomic mass is 10.1. The number of hydrogen-bond acceptors (Lipinski definition) is 4. The van der Waals surface area contributed by atoms with Crippen LogP contribution in [-0.2, 0) is 6.42 Å². The third-order valence-corrected chi connectivity index (χ3v) is 3.12. The molecule has 5 nitrogen and oxygen atoms in total. The molecule has 108 valence electrons. The molecule has 0 saturated carbocycles. The summed E-state index contributed by atoms with van der Waals surface area (Å²) in [6, 6.07) is 15.6. The molecule has 0 radical (unpaired) electrons. The zero-order valence-electron chi connectivity index (χ0n) is 11.5. The van der Waals surface area contributed by atoms with Gasteiger partial charge in [-0.25, -0.2) is 0 Å². The number of carbonyl (C=O) groups excluding carboxylic acids is 1.